The van der Waals surface area contributed by atoms with Crippen molar-refractivity contribution in [1.82, 2.24) is 4.90 Å². The van der Waals surface area contributed by atoms with E-state index in [9.17, 15) is 9.59 Å². The number of carboxylic acids is 1. The van der Waals surface area contributed by atoms with Crippen LogP contribution in [0.15, 0.2) is 30.3 Å². The lowest BCUT2D eigenvalue weighted by Gasteiger charge is -2.45. The van der Waals surface area contributed by atoms with Gasteiger partial charge in [0.25, 0.3) is 0 Å². The monoisotopic (exact) mass is 276 g/mol. The van der Waals surface area contributed by atoms with Crippen molar-refractivity contribution in [3.05, 3.63) is 30.3 Å². The highest BCUT2D eigenvalue weighted by atomic mass is 16.4. The number of amides is 1. The third kappa shape index (κ3) is 3.10. The molecule has 0 radical (unpaired) electrons. The van der Waals surface area contributed by atoms with Gasteiger partial charge in [-0.25, -0.2) is 0 Å². The van der Waals surface area contributed by atoms with Gasteiger partial charge in [0.05, 0.1) is 12.5 Å². The minimum absolute atomic E-state index is 0.0182. The number of benzene rings is 1. The Kier molecular flexibility index (Phi) is 4.27. The van der Waals surface area contributed by atoms with E-state index in [1.165, 1.54) is 6.92 Å². The summed E-state index contributed by atoms with van der Waals surface area (Å²) < 4.78 is 0. The average molecular weight is 276 g/mol. The quantitative estimate of drug-likeness (QED) is 0.910. The number of hydrogen-bond donors (Lipinski definition) is 1. The van der Waals surface area contributed by atoms with Gasteiger partial charge in [0.2, 0.25) is 5.91 Å². The van der Waals surface area contributed by atoms with E-state index in [0.717, 1.165) is 5.69 Å². The second-order valence-electron chi connectivity index (χ2n) is 5.26. The molecule has 5 heteroatoms. The number of carboxylic acid groups (broad SMARTS) is 1. The van der Waals surface area contributed by atoms with E-state index in [1.807, 2.05) is 30.3 Å². The molecule has 0 unspecified atom stereocenters. The van der Waals surface area contributed by atoms with E-state index in [0.29, 0.717) is 13.1 Å². The van der Waals surface area contributed by atoms with Crippen LogP contribution in [0.25, 0.3) is 0 Å². The van der Waals surface area contributed by atoms with Gasteiger partial charge in [-0.15, -0.1) is 0 Å². The zero-order chi connectivity index (χ0) is 14.7. The first-order valence-corrected chi connectivity index (χ1v) is 6.79. The first kappa shape index (κ1) is 14.4. The maximum absolute atomic E-state index is 11.7. The van der Waals surface area contributed by atoms with Gasteiger partial charge < -0.3 is 14.9 Å². The number of nitrogens with zero attached hydrogens (tertiary/aromatic N) is 2. The maximum atomic E-state index is 11.7. The third-order valence-corrected chi connectivity index (χ3v) is 3.74. The van der Waals surface area contributed by atoms with Gasteiger partial charge in [-0.1, -0.05) is 18.2 Å². The van der Waals surface area contributed by atoms with Crippen molar-refractivity contribution in [2.24, 2.45) is 0 Å². The molecule has 1 aromatic carbocycles. The molecule has 1 aromatic rings. The Morgan fingerprint density at radius 1 is 1.25 bits per heavy atom. The molecule has 20 heavy (non-hydrogen) atoms. The molecule has 5 nitrogen and oxygen atoms in total. The molecule has 0 saturated carbocycles. The lowest BCUT2D eigenvalue weighted by molar-refractivity contribution is -0.140. The standard InChI is InChI=1S/C15H20N2O3/c1-11-9-17(12(2)18)14(8-15(19)20)10-16(11)13-6-4-3-5-7-13/h3-7,11,14H,8-10H2,1-2H3,(H,19,20)/t11-,14-/m1/s1. The fourth-order valence-electron chi connectivity index (χ4n) is 2.78. The summed E-state index contributed by atoms with van der Waals surface area (Å²) in [4.78, 5) is 26.6. The molecular formula is C15H20N2O3. The number of piperazine rings is 1. The second-order valence-corrected chi connectivity index (χ2v) is 5.26. The zero-order valence-corrected chi connectivity index (χ0v) is 11.8. The minimum Gasteiger partial charge on any atom is -0.481 e. The fourth-order valence-corrected chi connectivity index (χ4v) is 2.78. The normalized spacial score (nSPS) is 22.7. The van der Waals surface area contributed by atoms with Crippen LogP contribution in [0, 0.1) is 0 Å². The summed E-state index contributed by atoms with van der Waals surface area (Å²) in [6, 6.07) is 9.80. The number of para-hydroxylation sites is 1. The molecule has 0 spiro atoms. The van der Waals surface area contributed by atoms with E-state index in [2.05, 4.69) is 11.8 Å². The zero-order valence-electron chi connectivity index (χ0n) is 11.8. The summed E-state index contributed by atoms with van der Waals surface area (Å²) in [5.41, 5.74) is 1.07. The average Bonchev–Trinajstić information content (AvgIpc) is 2.40. The summed E-state index contributed by atoms with van der Waals surface area (Å²) >= 11 is 0. The van der Waals surface area contributed by atoms with Crippen LogP contribution < -0.4 is 4.90 Å². The van der Waals surface area contributed by atoms with Crippen molar-refractivity contribution in [3.8, 4) is 0 Å². The van der Waals surface area contributed by atoms with Crippen molar-refractivity contribution in [2.75, 3.05) is 18.0 Å². The summed E-state index contributed by atoms with van der Waals surface area (Å²) in [5, 5.41) is 9.03. The van der Waals surface area contributed by atoms with Crippen molar-refractivity contribution >= 4 is 17.6 Å². The molecule has 1 aliphatic heterocycles. The first-order chi connectivity index (χ1) is 9.49. The summed E-state index contributed by atoms with van der Waals surface area (Å²) in [7, 11) is 0. The molecule has 2 rings (SSSR count). The number of hydrogen-bond acceptors (Lipinski definition) is 3. The molecule has 1 aliphatic rings. The Bertz CT molecular complexity index is 489. The van der Waals surface area contributed by atoms with Crippen molar-refractivity contribution in [2.45, 2.75) is 32.4 Å². The first-order valence-electron chi connectivity index (χ1n) is 6.79. The fraction of sp³-hybridized carbons (Fsp3) is 0.467. The molecule has 1 fully saturated rings. The van der Waals surface area contributed by atoms with E-state index in [4.69, 9.17) is 5.11 Å². The lowest BCUT2D eigenvalue weighted by atomic mass is 10.0. The third-order valence-electron chi connectivity index (χ3n) is 3.74. The van der Waals surface area contributed by atoms with Gasteiger partial charge in [0.1, 0.15) is 0 Å². The van der Waals surface area contributed by atoms with Crippen molar-refractivity contribution in [1.29, 1.82) is 0 Å². The topological polar surface area (TPSA) is 60.9 Å². The summed E-state index contributed by atoms with van der Waals surface area (Å²) in [5.74, 6) is -0.931. The largest absolute Gasteiger partial charge is 0.481 e. The summed E-state index contributed by atoms with van der Waals surface area (Å²) in [6.45, 7) is 4.67. The predicted molar refractivity (Wildman–Crippen MR) is 76.7 cm³/mol. The van der Waals surface area contributed by atoms with Crippen LogP contribution in [-0.4, -0.2) is 47.1 Å². The van der Waals surface area contributed by atoms with E-state index < -0.39 is 5.97 Å². The van der Waals surface area contributed by atoms with Gasteiger partial charge in [-0.3, -0.25) is 9.59 Å². The molecule has 1 amide bonds. The molecule has 2 atom stereocenters. The Morgan fingerprint density at radius 3 is 2.45 bits per heavy atom. The Balaban J connectivity index is 2.21. The van der Waals surface area contributed by atoms with E-state index in [-0.39, 0.29) is 24.4 Å². The molecule has 0 aliphatic carbocycles. The van der Waals surface area contributed by atoms with Crippen LogP contribution in [0.5, 0.6) is 0 Å². The number of aliphatic carboxylic acids is 1. The van der Waals surface area contributed by atoms with E-state index >= 15 is 0 Å². The number of carbonyl (C=O) groups is 2. The molecule has 0 bridgehead atoms. The Morgan fingerprint density at radius 2 is 1.90 bits per heavy atom. The van der Waals surface area contributed by atoms with Gasteiger partial charge >= 0.3 is 5.97 Å². The Labute approximate surface area is 118 Å². The minimum atomic E-state index is -0.871. The van der Waals surface area contributed by atoms with Crippen molar-refractivity contribution in [3.63, 3.8) is 0 Å². The van der Waals surface area contributed by atoms with Crippen LogP contribution in [-0.2, 0) is 9.59 Å². The van der Waals surface area contributed by atoms with Crippen LogP contribution in [0.2, 0.25) is 0 Å². The highest BCUT2D eigenvalue weighted by Crippen LogP contribution is 2.24. The summed E-state index contributed by atoms with van der Waals surface area (Å²) in [6.07, 6.45) is -0.0182. The number of rotatable bonds is 3. The molecule has 1 saturated heterocycles. The van der Waals surface area contributed by atoms with E-state index in [1.54, 1.807) is 4.90 Å². The maximum Gasteiger partial charge on any atom is 0.305 e. The molecular weight excluding hydrogens is 256 g/mol. The van der Waals surface area contributed by atoms with Gasteiger partial charge in [0, 0.05) is 31.7 Å². The Hall–Kier alpha value is -2.04. The number of carbonyl (C=O) groups excluding carboxylic acids is 1. The lowest BCUT2D eigenvalue weighted by Crippen LogP contribution is -2.59. The van der Waals surface area contributed by atoms with Crippen LogP contribution in [0.3, 0.4) is 0 Å². The van der Waals surface area contributed by atoms with Crippen LogP contribution >= 0.6 is 0 Å². The molecule has 108 valence electrons. The van der Waals surface area contributed by atoms with Crippen molar-refractivity contribution < 1.29 is 14.7 Å². The highest BCUT2D eigenvalue weighted by molar-refractivity contribution is 5.76. The molecule has 0 aromatic heterocycles. The van der Waals surface area contributed by atoms with Gasteiger partial charge in [0.15, 0.2) is 0 Å². The highest BCUT2D eigenvalue weighted by Gasteiger charge is 2.34. The molecule has 1 N–H and O–H groups in total. The predicted octanol–water partition coefficient (Wildman–Crippen LogP) is 1.59. The van der Waals surface area contributed by atoms with Crippen LogP contribution in [0.1, 0.15) is 20.3 Å². The number of anilines is 1. The SMILES string of the molecule is CC(=O)N1C[C@@H](C)N(c2ccccc2)C[C@H]1CC(=O)O. The van der Waals surface area contributed by atoms with Crippen LogP contribution in [0.4, 0.5) is 5.69 Å². The second kappa shape index (κ2) is 5.94. The van der Waals surface area contributed by atoms with Gasteiger partial charge in [-0.2, -0.15) is 0 Å². The van der Waals surface area contributed by atoms with Gasteiger partial charge in [-0.05, 0) is 19.1 Å². The molecule has 1 heterocycles. The smallest absolute Gasteiger partial charge is 0.305 e.